The molecule has 0 heterocycles. The van der Waals surface area contributed by atoms with Crippen molar-refractivity contribution >= 4 is 0 Å². The fraction of sp³-hybridized carbons (Fsp3) is 0.778. The van der Waals surface area contributed by atoms with Gasteiger partial charge in [0.15, 0.2) is 0 Å². The molecule has 0 N–H and O–H groups in total. The SMILES string of the molecule is CCCCCCC1(c2ccc3c(c2)CCC(CCCCC)C3)CCCCC1. The number of hydrogen-bond acceptors (Lipinski definition) is 0. The van der Waals surface area contributed by atoms with Crippen LogP contribution in [0.5, 0.6) is 0 Å². The summed E-state index contributed by atoms with van der Waals surface area (Å²) in [6.07, 6.45) is 24.1. The summed E-state index contributed by atoms with van der Waals surface area (Å²) in [5, 5.41) is 0. The van der Waals surface area contributed by atoms with Crippen LogP contribution in [0, 0.1) is 5.92 Å². The van der Waals surface area contributed by atoms with Crippen molar-refractivity contribution in [2.45, 2.75) is 128 Å². The molecule has 0 spiro atoms. The van der Waals surface area contributed by atoms with Crippen molar-refractivity contribution in [3.8, 4) is 0 Å². The molecule has 0 aliphatic heterocycles. The van der Waals surface area contributed by atoms with Gasteiger partial charge in [0.05, 0.1) is 0 Å². The Morgan fingerprint density at radius 3 is 2.41 bits per heavy atom. The Labute approximate surface area is 169 Å². The Morgan fingerprint density at radius 2 is 1.63 bits per heavy atom. The zero-order valence-electron chi connectivity index (χ0n) is 18.3. The standard InChI is InChI=1S/C27H44/c1-3-5-7-10-18-27(19-11-8-12-20-27)26-17-16-24-21-23(13-9-6-4-2)14-15-25(24)22-26/h16-17,22-23H,3-15,18-21H2,1-2H3. The lowest BCUT2D eigenvalue weighted by atomic mass is 9.65. The van der Waals surface area contributed by atoms with Crippen molar-refractivity contribution in [1.82, 2.24) is 0 Å². The number of hydrogen-bond donors (Lipinski definition) is 0. The van der Waals surface area contributed by atoms with E-state index in [0.29, 0.717) is 5.41 Å². The molecule has 27 heavy (non-hydrogen) atoms. The predicted octanol–water partition coefficient (Wildman–Crippen LogP) is 8.54. The lowest BCUT2D eigenvalue weighted by molar-refractivity contribution is 0.265. The van der Waals surface area contributed by atoms with Gasteiger partial charge in [-0.15, -0.1) is 0 Å². The zero-order valence-corrected chi connectivity index (χ0v) is 18.3. The first-order valence-electron chi connectivity index (χ1n) is 12.4. The number of unbranched alkanes of at least 4 members (excludes halogenated alkanes) is 5. The summed E-state index contributed by atoms with van der Waals surface area (Å²) in [5.41, 5.74) is 5.61. The Balaban J connectivity index is 1.68. The van der Waals surface area contributed by atoms with E-state index in [1.165, 1.54) is 109 Å². The van der Waals surface area contributed by atoms with Gasteiger partial charge >= 0.3 is 0 Å². The maximum atomic E-state index is 2.67. The molecule has 2 aliphatic carbocycles. The molecule has 1 unspecified atom stereocenters. The largest absolute Gasteiger partial charge is 0.0654 e. The molecule has 0 aromatic heterocycles. The zero-order chi connectivity index (χ0) is 19.0. The van der Waals surface area contributed by atoms with E-state index < -0.39 is 0 Å². The van der Waals surface area contributed by atoms with Crippen LogP contribution in [-0.4, -0.2) is 0 Å². The third kappa shape index (κ3) is 5.61. The molecule has 0 amide bonds. The van der Waals surface area contributed by atoms with Crippen LogP contribution in [0.4, 0.5) is 0 Å². The van der Waals surface area contributed by atoms with Crippen LogP contribution in [0.25, 0.3) is 0 Å². The lowest BCUT2D eigenvalue weighted by Gasteiger charge is -2.39. The minimum atomic E-state index is 0.513. The van der Waals surface area contributed by atoms with Gasteiger partial charge < -0.3 is 0 Å². The van der Waals surface area contributed by atoms with Gasteiger partial charge in [-0.1, -0.05) is 103 Å². The predicted molar refractivity (Wildman–Crippen MR) is 120 cm³/mol. The molecule has 0 saturated heterocycles. The van der Waals surface area contributed by atoms with E-state index in [0.717, 1.165) is 5.92 Å². The molecule has 0 bridgehead atoms. The third-order valence-corrected chi connectivity index (χ3v) is 7.68. The first-order chi connectivity index (χ1) is 13.3. The van der Waals surface area contributed by atoms with Gasteiger partial charge in [-0.3, -0.25) is 0 Å². The molecule has 152 valence electrons. The van der Waals surface area contributed by atoms with Crippen molar-refractivity contribution in [1.29, 1.82) is 0 Å². The second-order valence-corrected chi connectivity index (χ2v) is 9.74. The number of benzene rings is 1. The topological polar surface area (TPSA) is 0 Å². The fourth-order valence-corrected chi connectivity index (χ4v) is 5.89. The maximum absolute atomic E-state index is 2.67. The van der Waals surface area contributed by atoms with Crippen molar-refractivity contribution in [3.05, 3.63) is 34.9 Å². The molecule has 1 aromatic carbocycles. The quantitative estimate of drug-likeness (QED) is 0.363. The molecule has 0 radical (unpaired) electrons. The minimum absolute atomic E-state index is 0.513. The molecule has 3 rings (SSSR count). The van der Waals surface area contributed by atoms with Crippen molar-refractivity contribution < 1.29 is 0 Å². The van der Waals surface area contributed by atoms with Crippen molar-refractivity contribution in [2.24, 2.45) is 5.92 Å². The molecular weight excluding hydrogens is 324 g/mol. The van der Waals surface area contributed by atoms with Gasteiger partial charge in [0.25, 0.3) is 0 Å². The molecule has 2 aliphatic rings. The van der Waals surface area contributed by atoms with E-state index >= 15 is 0 Å². The van der Waals surface area contributed by atoms with E-state index in [1.54, 1.807) is 16.7 Å². The minimum Gasteiger partial charge on any atom is -0.0654 e. The Hall–Kier alpha value is -0.780. The average Bonchev–Trinajstić information content (AvgIpc) is 2.72. The summed E-state index contributed by atoms with van der Waals surface area (Å²) in [6, 6.07) is 7.76. The first kappa shape index (κ1) is 20.9. The third-order valence-electron chi connectivity index (χ3n) is 7.68. The molecule has 1 aromatic rings. The first-order valence-corrected chi connectivity index (χ1v) is 12.4. The Bertz CT molecular complexity index is 549. The van der Waals surface area contributed by atoms with Gasteiger partial charge in [-0.2, -0.15) is 0 Å². The summed E-state index contributed by atoms with van der Waals surface area (Å²) in [5.74, 6) is 0.951. The van der Waals surface area contributed by atoms with E-state index in [1.807, 2.05) is 0 Å². The molecular formula is C27H44. The summed E-state index contributed by atoms with van der Waals surface area (Å²) in [6.45, 7) is 4.65. The van der Waals surface area contributed by atoms with Gasteiger partial charge in [-0.25, -0.2) is 0 Å². The summed E-state index contributed by atoms with van der Waals surface area (Å²) in [7, 11) is 0. The van der Waals surface area contributed by atoms with Crippen LogP contribution < -0.4 is 0 Å². The van der Waals surface area contributed by atoms with Crippen molar-refractivity contribution in [3.63, 3.8) is 0 Å². The summed E-state index contributed by atoms with van der Waals surface area (Å²) in [4.78, 5) is 0. The lowest BCUT2D eigenvalue weighted by Crippen LogP contribution is -2.29. The van der Waals surface area contributed by atoms with Crippen LogP contribution in [-0.2, 0) is 18.3 Å². The maximum Gasteiger partial charge on any atom is -0.00469 e. The van der Waals surface area contributed by atoms with Crippen LogP contribution in [0.3, 0.4) is 0 Å². The van der Waals surface area contributed by atoms with Gasteiger partial charge in [0.2, 0.25) is 0 Å². The smallest absolute Gasteiger partial charge is 0.00469 e. The van der Waals surface area contributed by atoms with Crippen LogP contribution in [0.1, 0.15) is 127 Å². The highest BCUT2D eigenvalue weighted by molar-refractivity contribution is 5.38. The van der Waals surface area contributed by atoms with E-state index in [4.69, 9.17) is 0 Å². The van der Waals surface area contributed by atoms with Gasteiger partial charge in [-0.05, 0) is 66.5 Å². The Kier molecular flexibility index (Phi) is 8.28. The van der Waals surface area contributed by atoms with E-state index in [-0.39, 0.29) is 0 Å². The average molecular weight is 369 g/mol. The van der Waals surface area contributed by atoms with E-state index in [9.17, 15) is 0 Å². The molecule has 1 atom stereocenters. The monoisotopic (exact) mass is 368 g/mol. The van der Waals surface area contributed by atoms with Crippen LogP contribution >= 0.6 is 0 Å². The fourth-order valence-electron chi connectivity index (χ4n) is 5.89. The highest BCUT2D eigenvalue weighted by Crippen LogP contribution is 2.44. The number of fused-ring (bicyclic) bond motifs is 1. The second-order valence-electron chi connectivity index (χ2n) is 9.74. The highest BCUT2D eigenvalue weighted by atomic mass is 14.4. The van der Waals surface area contributed by atoms with Crippen LogP contribution in [0.15, 0.2) is 18.2 Å². The van der Waals surface area contributed by atoms with Gasteiger partial charge in [0.1, 0.15) is 0 Å². The van der Waals surface area contributed by atoms with Crippen molar-refractivity contribution in [2.75, 3.05) is 0 Å². The van der Waals surface area contributed by atoms with Crippen LogP contribution in [0.2, 0.25) is 0 Å². The molecule has 0 nitrogen and oxygen atoms in total. The summed E-state index contributed by atoms with van der Waals surface area (Å²) >= 11 is 0. The number of aryl methyl sites for hydroxylation is 1. The molecule has 1 fully saturated rings. The summed E-state index contributed by atoms with van der Waals surface area (Å²) < 4.78 is 0. The normalized spacial score (nSPS) is 21.8. The van der Waals surface area contributed by atoms with Gasteiger partial charge in [0, 0.05) is 0 Å². The Morgan fingerprint density at radius 1 is 0.852 bits per heavy atom. The second kappa shape index (κ2) is 10.7. The number of rotatable bonds is 10. The molecule has 1 saturated carbocycles. The van der Waals surface area contributed by atoms with E-state index in [2.05, 4.69) is 32.0 Å². The molecule has 0 heteroatoms. The highest BCUT2D eigenvalue weighted by Gasteiger charge is 2.34.